The van der Waals surface area contributed by atoms with Crippen molar-refractivity contribution in [3.05, 3.63) is 35.1 Å². The summed E-state index contributed by atoms with van der Waals surface area (Å²) in [4.78, 5) is 15.6. The third-order valence-corrected chi connectivity index (χ3v) is 3.49. The highest BCUT2D eigenvalue weighted by atomic mass is 19.1. The summed E-state index contributed by atoms with van der Waals surface area (Å²) in [5.74, 6) is -0.302. The largest absolute Gasteiger partial charge is 0.342 e. The van der Waals surface area contributed by atoms with Crippen LogP contribution < -0.4 is 0 Å². The zero-order valence-electron chi connectivity index (χ0n) is 11.6. The topological polar surface area (TPSA) is 47.3 Å². The lowest BCUT2D eigenvalue weighted by atomic mass is 10.1. The molecule has 4 nitrogen and oxygen atoms in total. The van der Waals surface area contributed by atoms with Crippen molar-refractivity contribution in [2.24, 2.45) is 0 Å². The van der Waals surface area contributed by atoms with Gasteiger partial charge >= 0.3 is 0 Å². The van der Waals surface area contributed by atoms with Crippen LogP contribution in [-0.4, -0.2) is 42.4 Å². The number of likely N-dealkylation sites (N-methyl/N-ethyl adjacent to an activating group) is 1. The average Bonchev–Trinajstić information content (AvgIpc) is 2.95. The maximum atomic E-state index is 13.8. The molecule has 0 bridgehead atoms. The molecule has 106 valence electrons. The van der Waals surface area contributed by atoms with E-state index in [1.807, 2.05) is 11.0 Å². The zero-order chi connectivity index (χ0) is 14.5. The second-order valence-electron chi connectivity index (χ2n) is 5.18. The third-order valence-electron chi connectivity index (χ3n) is 3.49. The van der Waals surface area contributed by atoms with E-state index in [-0.39, 0.29) is 5.91 Å². The van der Waals surface area contributed by atoms with E-state index in [0.717, 1.165) is 25.9 Å². The summed E-state index contributed by atoms with van der Waals surface area (Å²) in [5, 5.41) is 8.70. The SMILES string of the molecule is CN(CC(=O)N1CCCC1)Cc1ccc(C#N)cc1F. The molecule has 1 fully saturated rings. The Morgan fingerprint density at radius 2 is 2.15 bits per heavy atom. The standard InChI is InChI=1S/C15H18FN3O/c1-18(11-15(20)19-6-2-3-7-19)10-13-5-4-12(9-17)8-14(13)16/h4-5,8H,2-3,6-7,10-11H2,1H3. The van der Waals surface area contributed by atoms with Crippen LogP contribution in [0.5, 0.6) is 0 Å². The Hall–Kier alpha value is -1.93. The Balaban J connectivity index is 1.92. The number of benzene rings is 1. The van der Waals surface area contributed by atoms with Gasteiger partial charge in [0, 0.05) is 25.2 Å². The smallest absolute Gasteiger partial charge is 0.236 e. The van der Waals surface area contributed by atoms with Crippen LogP contribution in [0.1, 0.15) is 24.0 Å². The van der Waals surface area contributed by atoms with Crippen molar-refractivity contribution in [3.8, 4) is 6.07 Å². The molecule has 1 aromatic carbocycles. The van der Waals surface area contributed by atoms with Gasteiger partial charge < -0.3 is 4.90 Å². The molecule has 0 unspecified atom stereocenters. The average molecular weight is 275 g/mol. The number of amides is 1. The van der Waals surface area contributed by atoms with Crippen molar-refractivity contribution in [2.75, 3.05) is 26.7 Å². The van der Waals surface area contributed by atoms with Crippen LogP contribution in [0.25, 0.3) is 0 Å². The highest BCUT2D eigenvalue weighted by Gasteiger charge is 2.19. The number of hydrogen-bond donors (Lipinski definition) is 0. The van der Waals surface area contributed by atoms with Crippen LogP contribution in [0.2, 0.25) is 0 Å². The Morgan fingerprint density at radius 1 is 1.45 bits per heavy atom. The van der Waals surface area contributed by atoms with E-state index in [1.54, 1.807) is 24.1 Å². The van der Waals surface area contributed by atoms with Crippen molar-refractivity contribution in [1.82, 2.24) is 9.80 Å². The Morgan fingerprint density at radius 3 is 2.75 bits per heavy atom. The van der Waals surface area contributed by atoms with Gasteiger partial charge in [0.15, 0.2) is 0 Å². The van der Waals surface area contributed by atoms with Gasteiger partial charge in [0.1, 0.15) is 5.82 Å². The van der Waals surface area contributed by atoms with Crippen molar-refractivity contribution < 1.29 is 9.18 Å². The molecule has 1 amide bonds. The molecule has 0 aromatic heterocycles. The second kappa shape index (κ2) is 6.49. The quantitative estimate of drug-likeness (QED) is 0.841. The lowest BCUT2D eigenvalue weighted by molar-refractivity contribution is -0.131. The van der Waals surface area contributed by atoms with Gasteiger partial charge in [-0.05, 0) is 32.0 Å². The van der Waals surface area contributed by atoms with Gasteiger partial charge in [-0.25, -0.2) is 4.39 Å². The van der Waals surface area contributed by atoms with Crippen molar-refractivity contribution in [1.29, 1.82) is 5.26 Å². The first kappa shape index (κ1) is 14.5. The summed E-state index contributed by atoms with van der Waals surface area (Å²) in [5.41, 5.74) is 0.808. The summed E-state index contributed by atoms with van der Waals surface area (Å²) in [6.07, 6.45) is 2.14. The van der Waals surface area contributed by atoms with Gasteiger partial charge in [0.25, 0.3) is 0 Å². The second-order valence-corrected chi connectivity index (χ2v) is 5.18. The number of halogens is 1. The fourth-order valence-corrected chi connectivity index (χ4v) is 2.39. The van der Waals surface area contributed by atoms with Gasteiger partial charge in [-0.15, -0.1) is 0 Å². The van der Waals surface area contributed by atoms with Crippen LogP contribution in [0.4, 0.5) is 4.39 Å². The van der Waals surface area contributed by atoms with E-state index < -0.39 is 5.82 Å². The number of rotatable bonds is 4. The number of likely N-dealkylation sites (tertiary alicyclic amines) is 1. The van der Waals surface area contributed by atoms with E-state index in [9.17, 15) is 9.18 Å². The summed E-state index contributed by atoms with van der Waals surface area (Å²) < 4.78 is 13.8. The highest BCUT2D eigenvalue weighted by Crippen LogP contribution is 2.13. The van der Waals surface area contributed by atoms with Crippen molar-refractivity contribution >= 4 is 5.91 Å². The molecule has 5 heteroatoms. The van der Waals surface area contributed by atoms with Gasteiger partial charge in [-0.2, -0.15) is 5.26 Å². The number of carbonyl (C=O) groups excluding carboxylic acids is 1. The van der Waals surface area contributed by atoms with Gasteiger partial charge in [-0.3, -0.25) is 9.69 Å². The summed E-state index contributed by atoms with van der Waals surface area (Å²) in [7, 11) is 1.80. The first-order valence-electron chi connectivity index (χ1n) is 6.75. The van der Waals surface area contributed by atoms with Crippen molar-refractivity contribution in [3.63, 3.8) is 0 Å². The molecule has 0 radical (unpaired) electrons. The van der Waals surface area contributed by atoms with Crippen LogP contribution in [0.15, 0.2) is 18.2 Å². The van der Waals surface area contributed by atoms with E-state index in [4.69, 9.17) is 5.26 Å². The van der Waals surface area contributed by atoms with Gasteiger partial charge in [0.05, 0.1) is 18.2 Å². The molecule has 20 heavy (non-hydrogen) atoms. The van der Waals surface area contributed by atoms with Crippen LogP contribution in [-0.2, 0) is 11.3 Å². The molecule has 0 N–H and O–H groups in total. The number of hydrogen-bond acceptors (Lipinski definition) is 3. The number of nitriles is 1. The molecule has 0 saturated carbocycles. The van der Waals surface area contributed by atoms with Gasteiger partial charge in [-0.1, -0.05) is 6.07 Å². The normalized spacial score (nSPS) is 14.6. The maximum absolute atomic E-state index is 13.8. The van der Waals surface area contributed by atoms with E-state index in [0.29, 0.717) is 24.2 Å². The molecule has 2 rings (SSSR count). The van der Waals surface area contributed by atoms with Crippen LogP contribution in [0, 0.1) is 17.1 Å². The lowest BCUT2D eigenvalue weighted by Crippen LogP contribution is -2.37. The maximum Gasteiger partial charge on any atom is 0.236 e. The molecule has 1 aliphatic heterocycles. The predicted molar refractivity (Wildman–Crippen MR) is 73.3 cm³/mol. The predicted octanol–water partition coefficient (Wildman–Crippen LogP) is 1.75. The molecular formula is C15H18FN3O. The summed E-state index contributed by atoms with van der Waals surface area (Å²) in [6, 6.07) is 6.32. The van der Waals surface area contributed by atoms with E-state index >= 15 is 0 Å². The molecule has 0 atom stereocenters. The molecular weight excluding hydrogens is 257 g/mol. The van der Waals surface area contributed by atoms with E-state index in [2.05, 4.69) is 0 Å². The fourth-order valence-electron chi connectivity index (χ4n) is 2.39. The minimum absolute atomic E-state index is 0.0963. The molecule has 1 aliphatic rings. The fraction of sp³-hybridized carbons (Fsp3) is 0.467. The molecule has 1 heterocycles. The lowest BCUT2D eigenvalue weighted by Gasteiger charge is -2.21. The first-order chi connectivity index (χ1) is 9.60. The number of nitrogens with zero attached hydrogens (tertiary/aromatic N) is 3. The first-order valence-corrected chi connectivity index (χ1v) is 6.75. The van der Waals surface area contributed by atoms with Gasteiger partial charge in [0.2, 0.25) is 5.91 Å². The Bertz CT molecular complexity index is 532. The molecule has 1 aromatic rings. The number of carbonyl (C=O) groups is 1. The van der Waals surface area contributed by atoms with Crippen LogP contribution >= 0.6 is 0 Å². The minimum atomic E-state index is -0.399. The molecule has 1 saturated heterocycles. The van der Waals surface area contributed by atoms with Crippen LogP contribution in [0.3, 0.4) is 0 Å². The Kier molecular flexibility index (Phi) is 4.70. The van der Waals surface area contributed by atoms with E-state index in [1.165, 1.54) is 6.07 Å². The van der Waals surface area contributed by atoms with Crippen molar-refractivity contribution in [2.45, 2.75) is 19.4 Å². The molecule has 0 spiro atoms. The summed E-state index contributed by atoms with van der Waals surface area (Å²) >= 11 is 0. The Labute approximate surface area is 118 Å². The monoisotopic (exact) mass is 275 g/mol. The summed E-state index contributed by atoms with van der Waals surface area (Å²) in [6.45, 7) is 2.31. The highest BCUT2D eigenvalue weighted by molar-refractivity contribution is 5.78. The third kappa shape index (κ3) is 3.55. The molecule has 0 aliphatic carbocycles. The minimum Gasteiger partial charge on any atom is -0.342 e. The zero-order valence-corrected chi connectivity index (χ0v) is 11.6.